The van der Waals surface area contributed by atoms with Gasteiger partial charge in [0.05, 0.1) is 10.9 Å². The lowest BCUT2D eigenvalue weighted by Crippen LogP contribution is -2.13. The van der Waals surface area contributed by atoms with Gasteiger partial charge in [-0.3, -0.25) is 4.79 Å². The highest BCUT2D eigenvalue weighted by molar-refractivity contribution is 6.35. The molecule has 82 valence electrons. The van der Waals surface area contributed by atoms with E-state index in [0.717, 1.165) is 0 Å². The lowest BCUT2D eigenvalue weighted by Gasteiger charge is -2.12. The van der Waals surface area contributed by atoms with Gasteiger partial charge in [-0.25, -0.2) is 0 Å². The van der Waals surface area contributed by atoms with Gasteiger partial charge >= 0.3 is 0 Å². The molecule has 1 unspecified atom stereocenters. The molecule has 2 nitrogen and oxygen atoms in total. The van der Waals surface area contributed by atoms with Gasteiger partial charge in [-0.2, -0.15) is 0 Å². The average molecular weight is 247 g/mol. The summed E-state index contributed by atoms with van der Waals surface area (Å²) in [5, 5.41) is 9.57. The molecular formula is C11H12Cl2O2. The minimum Gasteiger partial charge on any atom is -0.507 e. The number of ketones is 1. The molecule has 0 amide bonds. The number of hydrogen-bond acceptors (Lipinski definition) is 2. The van der Waals surface area contributed by atoms with Gasteiger partial charge in [0, 0.05) is 5.02 Å². The van der Waals surface area contributed by atoms with E-state index in [2.05, 4.69) is 0 Å². The summed E-state index contributed by atoms with van der Waals surface area (Å²) < 4.78 is 0. The first-order valence-corrected chi connectivity index (χ1v) is 5.34. The molecule has 1 atom stereocenters. The molecule has 0 bridgehead atoms. The van der Waals surface area contributed by atoms with E-state index in [-0.39, 0.29) is 17.1 Å². The number of phenolic OH excluding ortho intramolecular Hbond substituents is 1. The number of alkyl halides is 1. The molecule has 1 N–H and O–H groups in total. The van der Waals surface area contributed by atoms with Gasteiger partial charge in [0.2, 0.25) is 0 Å². The highest BCUT2D eigenvalue weighted by Crippen LogP contribution is 2.32. The standard InChI is InChI=1S/C11H12Cl2O2/c1-5-4-8(13)6(2)9(10(5)14)11(15)7(3)12/h4,7,14H,1-3H3. The number of carbonyl (C=O) groups is 1. The second-order valence-electron chi connectivity index (χ2n) is 3.50. The molecule has 15 heavy (non-hydrogen) atoms. The van der Waals surface area contributed by atoms with E-state index in [9.17, 15) is 9.90 Å². The number of halogens is 2. The predicted octanol–water partition coefficient (Wildman–Crippen LogP) is 3.47. The maximum Gasteiger partial charge on any atom is 0.184 e. The number of phenols is 1. The van der Waals surface area contributed by atoms with Crippen LogP contribution in [0.5, 0.6) is 5.75 Å². The van der Waals surface area contributed by atoms with Gasteiger partial charge in [-0.1, -0.05) is 11.6 Å². The third-order valence-corrected chi connectivity index (χ3v) is 2.89. The Kier molecular flexibility index (Phi) is 3.63. The molecule has 0 aliphatic carbocycles. The zero-order chi connectivity index (χ0) is 11.7. The van der Waals surface area contributed by atoms with E-state index in [4.69, 9.17) is 23.2 Å². The molecule has 1 rings (SSSR count). The summed E-state index contributed by atoms with van der Waals surface area (Å²) in [6.45, 7) is 4.95. The summed E-state index contributed by atoms with van der Waals surface area (Å²) >= 11 is 11.6. The van der Waals surface area contributed by atoms with Crippen LogP contribution in [-0.4, -0.2) is 16.3 Å². The lowest BCUT2D eigenvalue weighted by atomic mass is 9.98. The van der Waals surface area contributed by atoms with Crippen molar-refractivity contribution in [3.05, 3.63) is 27.8 Å². The van der Waals surface area contributed by atoms with Crippen LogP contribution in [0.15, 0.2) is 6.07 Å². The lowest BCUT2D eigenvalue weighted by molar-refractivity contribution is 0.0988. The number of hydrogen-bond donors (Lipinski definition) is 1. The fraction of sp³-hybridized carbons (Fsp3) is 0.364. The number of aromatic hydroxyl groups is 1. The number of Topliss-reactive ketones (excluding diaryl/α,β-unsaturated/α-hetero) is 1. The van der Waals surface area contributed by atoms with Crippen molar-refractivity contribution in [1.82, 2.24) is 0 Å². The molecule has 0 saturated heterocycles. The molecule has 0 heterocycles. The fourth-order valence-corrected chi connectivity index (χ4v) is 1.73. The second kappa shape index (κ2) is 4.42. The Bertz CT molecular complexity index is 385. The van der Waals surface area contributed by atoms with Crippen LogP contribution in [0.4, 0.5) is 0 Å². The first-order chi connectivity index (χ1) is 6.86. The van der Waals surface area contributed by atoms with Crippen molar-refractivity contribution in [3.63, 3.8) is 0 Å². The van der Waals surface area contributed by atoms with E-state index in [0.29, 0.717) is 16.1 Å². The molecule has 0 spiro atoms. The van der Waals surface area contributed by atoms with Gasteiger partial charge in [0.25, 0.3) is 0 Å². The molecule has 0 radical (unpaired) electrons. The summed E-state index contributed by atoms with van der Waals surface area (Å²) in [7, 11) is 0. The van der Waals surface area contributed by atoms with Crippen LogP contribution < -0.4 is 0 Å². The summed E-state index contributed by atoms with van der Waals surface area (Å²) in [6.07, 6.45) is 0. The van der Waals surface area contributed by atoms with Crippen molar-refractivity contribution < 1.29 is 9.90 Å². The average Bonchev–Trinajstić information content (AvgIpc) is 2.15. The zero-order valence-electron chi connectivity index (χ0n) is 8.77. The Hall–Kier alpha value is -0.730. The van der Waals surface area contributed by atoms with E-state index in [1.807, 2.05) is 0 Å². The first-order valence-electron chi connectivity index (χ1n) is 4.53. The number of benzene rings is 1. The maximum atomic E-state index is 11.7. The van der Waals surface area contributed by atoms with E-state index in [1.165, 1.54) is 0 Å². The first kappa shape index (κ1) is 12.3. The molecule has 1 aromatic rings. The number of aryl methyl sites for hydroxylation is 1. The zero-order valence-corrected chi connectivity index (χ0v) is 10.3. The van der Waals surface area contributed by atoms with Crippen LogP contribution in [0.2, 0.25) is 5.02 Å². The maximum absolute atomic E-state index is 11.7. The number of rotatable bonds is 2. The summed E-state index contributed by atoms with van der Waals surface area (Å²) in [4.78, 5) is 11.7. The topological polar surface area (TPSA) is 37.3 Å². The quantitative estimate of drug-likeness (QED) is 0.641. The van der Waals surface area contributed by atoms with E-state index in [1.54, 1.807) is 26.8 Å². The molecule has 0 saturated carbocycles. The molecule has 4 heteroatoms. The summed E-state index contributed by atoms with van der Waals surface area (Å²) in [5.74, 6) is -0.341. The Balaban J connectivity index is 3.46. The van der Waals surface area contributed by atoms with Crippen molar-refractivity contribution in [1.29, 1.82) is 0 Å². The molecule has 0 aromatic heterocycles. The summed E-state index contributed by atoms with van der Waals surface area (Å²) in [5.41, 5.74) is 1.37. The fourth-order valence-electron chi connectivity index (χ4n) is 1.36. The van der Waals surface area contributed by atoms with Crippen LogP contribution in [0.25, 0.3) is 0 Å². The van der Waals surface area contributed by atoms with Crippen LogP contribution in [0.1, 0.15) is 28.4 Å². The van der Waals surface area contributed by atoms with Crippen molar-refractivity contribution >= 4 is 29.0 Å². The minimum absolute atomic E-state index is 0.0330. The van der Waals surface area contributed by atoms with Crippen LogP contribution in [-0.2, 0) is 0 Å². The molecule has 0 fully saturated rings. The Labute approximate surface area is 98.8 Å². The van der Waals surface area contributed by atoms with Crippen LogP contribution in [0, 0.1) is 13.8 Å². The van der Waals surface area contributed by atoms with E-state index >= 15 is 0 Å². The third-order valence-electron chi connectivity index (χ3n) is 2.29. The van der Waals surface area contributed by atoms with Crippen molar-refractivity contribution in [2.75, 3.05) is 0 Å². The Morgan fingerprint density at radius 1 is 1.47 bits per heavy atom. The number of carbonyl (C=O) groups excluding carboxylic acids is 1. The normalized spacial score (nSPS) is 12.6. The monoisotopic (exact) mass is 246 g/mol. The van der Waals surface area contributed by atoms with Crippen molar-refractivity contribution in [3.8, 4) is 5.75 Å². The largest absolute Gasteiger partial charge is 0.507 e. The minimum atomic E-state index is -0.674. The van der Waals surface area contributed by atoms with Crippen LogP contribution in [0.3, 0.4) is 0 Å². The second-order valence-corrected chi connectivity index (χ2v) is 4.57. The Morgan fingerprint density at radius 3 is 2.47 bits per heavy atom. The smallest absolute Gasteiger partial charge is 0.184 e. The molecular weight excluding hydrogens is 235 g/mol. The highest BCUT2D eigenvalue weighted by atomic mass is 35.5. The molecule has 0 aliphatic heterocycles. The molecule has 1 aromatic carbocycles. The van der Waals surface area contributed by atoms with Gasteiger partial charge < -0.3 is 5.11 Å². The van der Waals surface area contributed by atoms with Crippen molar-refractivity contribution in [2.24, 2.45) is 0 Å². The highest BCUT2D eigenvalue weighted by Gasteiger charge is 2.21. The summed E-state index contributed by atoms with van der Waals surface area (Å²) in [6, 6.07) is 1.63. The van der Waals surface area contributed by atoms with Gasteiger partial charge in [0.1, 0.15) is 5.75 Å². The van der Waals surface area contributed by atoms with Gasteiger partial charge in [-0.05, 0) is 38.0 Å². The SMILES string of the molecule is Cc1cc(Cl)c(C)c(C(=O)C(C)Cl)c1O. The molecule has 0 aliphatic rings. The predicted molar refractivity (Wildman–Crippen MR) is 62.2 cm³/mol. The van der Waals surface area contributed by atoms with E-state index < -0.39 is 5.38 Å². The third kappa shape index (κ3) is 2.27. The van der Waals surface area contributed by atoms with Gasteiger partial charge in [-0.15, -0.1) is 11.6 Å². The van der Waals surface area contributed by atoms with Crippen molar-refractivity contribution in [2.45, 2.75) is 26.1 Å². The van der Waals surface area contributed by atoms with Crippen LogP contribution >= 0.6 is 23.2 Å². The van der Waals surface area contributed by atoms with Gasteiger partial charge in [0.15, 0.2) is 5.78 Å². The Morgan fingerprint density at radius 2 is 2.00 bits per heavy atom.